The lowest BCUT2D eigenvalue weighted by atomic mass is 10.2. The number of rotatable bonds is 3. The Kier molecular flexibility index (Phi) is 3.41. The highest BCUT2D eigenvalue weighted by Gasteiger charge is 2.13. The van der Waals surface area contributed by atoms with Crippen molar-refractivity contribution in [3.63, 3.8) is 0 Å². The van der Waals surface area contributed by atoms with Gasteiger partial charge in [0.15, 0.2) is 11.5 Å². The summed E-state index contributed by atoms with van der Waals surface area (Å²) in [5.41, 5.74) is 1.95. The number of nitrogens with zero attached hydrogens (tertiary/aromatic N) is 4. The van der Waals surface area contributed by atoms with Crippen LogP contribution in [0.5, 0.6) is 0 Å². The van der Waals surface area contributed by atoms with Gasteiger partial charge in [0.25, 0.3) is 5.91 Å². The number of pyridine rings is 1. The highest BCUT2D eigenvalue weighted by molar-refractivity contribution is 6.30. The first-order chi connectivity index (χ1) is 10.1. The molecule has 8 heteroatoms. The van der Waals surface area contributed by atoms with Crippen molar-refractivity contribution in [3.8, 4) is 11.3 Å². The molecule has 106 valence electrons. The monoisotopic (exact) mass is 302 g/mol. The van der Waals surface area contributed by atoms with Crippen LogP contribution < -0.4 is 5.32 Å². The SMILES string of the molecule is Cn1nc(C(=O)Nc2cc(-c3ccncc3)[nH]n2)cc1Cl. The third-order valence-corrected chi connectivity index (χ3v) is 3.22. The molecule has 0 atom stereocenters. The molecule has 1 amide bonds. The van der Waals surface area contributed by atoms with Crippen molar-refractivity contribution in [3.05, 3.63) is 47.5 Å². The number of anilines is 1. The summed E-state index contributed by atoms with van der Waals surface area (Å²) in [6, 6.07) is 6.92. The first-order valence-corrected chi connectivity index (χ1v) is 6.48. The average Bonchev–Trinajstić information content (AvgIpc) is 3.08. The van der Waals surface area contributed by atoms with E-state index in [0.717, 1.165) is 11.3 Å². The zero-order valence-corrected chi connectivity index (χ0v) is 11.8. The van der Waals surface area contributed by atoms with Gasteiger partial charge < -0.3 is 5.32 Å². The zero-order chi connectivity index (χ0) is 14.8. The van der Waals surface area contributed by atoms with Crippen LogP contribution in [0, 0.1) is 0 Å². The molecule has 0 saturated carbocycles. The molecule has 0 aliphatic carbocycles. The Morgan fingerprint density at radius 1 is 1.33 bits per heavy atom. The first kappa shape index (κ1) is 13.3. The summed E-state index contributed by atoms with van der Waals surface area (Å²) in [5.74, 6) is 0.0406. The van der Waals surface area contributed by atoms with Crippen molar-refractivity contribution in [2.75, 3.05) is 5.32 Å². The van der Waals surface area contributed by atoms with E-state index in [1.165, 1.54) is 10.7 Å². The third-order valence-electron chi connectivity index (χ3n) is 2.87. The van der Waals surface area contributed by atoms with Crippen LogP contribution in [0.25, 0.3) is 11.3 Å². The highest BCUT2D eigenvalue weighted by Crippen LogP contribution is 2.19. The standard InChI is InChI=1S/C13H11ClN6O/c1-20-11(14)6-10(19-20)13(21)16-12-7-9(17-18-12)8-2-4-15-5-3-8/h2-7H,1H3,(H2,16,17,18,21). The number of carbonyl (C=O) groups is 1. The highest BCUT2D eigenvalue weighted by atomic mass is 35.5. The van der Waals surface area contributed by atoms with Crippen LogP contribution in [-0.2, 0) is 7.05 Å². The van der Waals surface area contributed by atoms with Gasteiger partial charge >= 0.3 is 0 Å². The number of aromatic nitrogens is 5. The lowest BCUT2D eigenvalue weighted by Gasteiger charge is -1.97. The Balaban J connectivity index is 1.77. The number of nitrogens with one attached hydrogen (secondary N) is 2. The predicted octanol–water partition coefficient (Wildman–Crippen LogP) is 2.11. The fourth-order valence-electron chi connectivity index (χ4n) is 1.80. The summed E-state index contributed by atoms with van der Waals surface area (Å²) in [5, 5.41) is 13.9. The Morgan fingerprint density at radius 2 is 2.10 bits per heavy atom. The van der Waals surface area contributed by atoms with Crippen molar-refractivity contribution in [2.24, 2.45) is 7.05 Å². The van der Waals surface area contributed by atoms with Gasteiger partial charge in [-0.25, -0.2) is 0 Å². The first-order valence-electron chi connectivity index (χ1n) is 6.10. The van der Waals surface area contributed by atoms with E-state index in [2.05, 4.69) is 25.6 Å². The van der Waals surface area contributed by atoms with Crippen LogP contribution in [-0.4, -0.2) is 30.9 Å². The Labute approximate surface area is 125 Å². The summed E-state index contributed by atoms with van der Waals surface area (Å²) >= 11 is 5.85. The van der Waals surface area contributed by atoms with E-state index in [1.54, 1.807) is 25.5 Å². The molecule has 0 bridgehead atoms. The minimum atomic E-state index is -0.370. The van der Waals surface area contributed by atoms with Gasteiger partial charge in [-0.05, 0) is 12.1 Å². The summed E-state index contributed by atoms with van der Waals surface area (Å²) < 4.78 is 1.42. The molecule has 0 aliphatic rings. The molecule has 0 aliphatic heterocycles. The third kappa shape index (κ3) is 2.77. The van der Waals surface area contributed by atoms with Gasteiger partial charge in [-0.1, -0.05) is 11.6 Å². The Hall–Kier alpha value is -2.67. The molecule has 3 aromatic heterocycles. The summed E-state index contributed by atoms with van der Waals surface area (Å²) in [6.45, 7) is 0. The minimum Gasteiger partial charge on any atom is -0.304 e. The van der Waals surface area contributed by atoms with Crippen LogP contribution >= 0.6 is 11.6 Å². The predicted molar refractivity (Wildman–Crippen MR) is 78.0 cm³/mol. The van der Waals surface area contributed by atoms with Crippen LogP contribution in [0.15, 0.2) is 36.7 Å². The molecular weight excluding hydrogens is 292 g/mol. The van der Waals surface area contributed by atoms with Gasteiger partial charge in [0.2, 0.25) is 0 Å². The van der Waals surface area contributed by atoms with Gasteiger partial charge in [0, 0.05) is 37.1 Å². The van der Waals surface area contributed by atoms with E-state index in [1.807, 2.05) is 12.1 Å². The van der Waals surface area contributed by atoms with Crippen LogP contribution in [0.4, 0.5) is 5.82 Å². The van der Waals surface area contributed by atoms with Crippen LogP contribution in [0.1, 0.15) is 10.5 Å². The van der Waals surface area contributed by atoms with Gasteiger partial charge in [-0.3, -0.25) is 19.6 Å². The van der Waals surface area contributed by atoms with Crippen molar-refractivity contribution < 1.29 is 4.79 Å². The van der Waals surface area contributed by atoms with Gasteiger partial charge in [-0.15, -0.1) is 0 Å². The minimum absolute atomic E-state index is 0.232. The fourth-order valence-corrected chi connectivity index (χ4v) is 1.94. The Morgan fingerprint density at radius 3 is 2.76 bits per heavy atom. The van der Waals surface area contributed by atoms with Crippen molar-refractivity contribution in [2.45, 2.75) is 0 Å². The molecule has 2 N–H and O–H groups in total. The second kappa shape index (κ2) is 5.37. The topological polar surface area (TPSA) is 88.5 Å². The number of hydrogen-bond acceptors (Lipinski definition) is 4. The molecule has 0 saturated heterocycles. The number of amides is 1. The quantitative estimate of drug-likeness (QED) is 0.775. The Bertz CT molecular complexity index is 760. The number of H-pyrrole nitrogens is 1. The van der Waals surface area contributed by atoms with E-state index < -0.39 is 0 Å². The molecule has 7 nitrogen and oxygen atoms in total. The summed E-state index contributed by atoms with van der Waals surface area (Å²) in [6.07, 6.45) is 3.37. The molecule has 0 fully saturated rings. The maximum absolute atomic E-state index is 12.0. The molecule has 0 unspecified atom stereocenters. The van der Waals surface area contributed by atoms with Gasteiger partial charge in [-0.2, -0.15) is 10.2 Å². The molecule has 21 heavy (non-hydrogen) atoms. The van der Waals surface area contributed by atoms with Crippen LogP contribution in [0.3, 0.4) is 0 Å². The number of aryl methyl sites for hydroxylation is 1. The maximum Gasteiger partial charge on any atom is 0.277 e. The van der Waals surface area contributed by atoms with E-state index in [0.29, 0.717) is 11.0 Å². The summed E-state index contributed by atoms with van der Waals surface area (Å²) in [7, 11) is 1.66. The fraction of sp³-hybridized carbons (Fsp3) is 0.0769. The molecule has 3 aromatic rings. The number of carbonyl (C=O) groups excluding carboxylic acids is 1. The maximum atomic E-state index is 12.0. The zero-order valence-electron chi connectivity index (χ0n) is 11.0. The molecular formula is C13H11ClN6O. The smallest absolute Gasteiger partial charge is 0.277 e. The number of halogens is 1. The van der Waals surface area contributed by atoms with E-state index >= 15 is 0 Å². The lowest BCUT2D eigenvalue weighted by Crippen LogP contribution is -2.13. The normalized spacial score (nSPS) is 10.6. The number of hydrogen-bond donors (Lipinski definition) is 2. The van der Waals surface area contributed by atoms with Gasteiger partial charge in [0.05, 0.1) is 5.69 Å². The molecule has 3 rings (SSSR count). The van der Waals surface area contributed by atoms with Crippen molar-refractivity contribution in [1.29, 1.82) is 0 Å². The van der Waals surface area contributed by atoms with E-state index in [-0.39, 0.29) is 11.6 Å². The summed E-state index contributed by atoms with van der Waals surface area (Å²) in [4.78, 5) is 16.0. The second-order valence-corrected chi connectivity index (χ2v) is 4.72. The van der Waals surface area contributed by atoms with Gasteiger partial charge in [0.1, 0.15) is 5.15 Å². The number of aromatic amines is 1. The average molecular weight is 303 g/mol. The van der Waals surface area contributed by atoms with E-state index in [9.17, 15) is 4.79 Å². The molecule has 0 aromatic carbocycles. The van der Waals surface area contributed by atoms with Crippen molar-refractivity contribution >= 4 is 23.3 Å². The molecule has 0 spiro atoms. The largest absolute Gasteiger partial charge is 0.304 e. The van der Waals surface area contributed by atoms with Crippen molar-refractivity contribution in [1.82, 2.24) is 25.0 Å². The van der Waals surface area contributed by atoms with Crippen LogP contribution in [0.2, 0.25) is 5.15 Å². The molecule has 3 heterocycles. The second-order valence-electron chi connectivity index (χ2n) is 4.33. The van der Waals surface area contributed by atoms with E-state index in [4.69, 9.17) is 11.6 Å². The molecule has 0 radical (unpaired) electrons. The lowest BCUT2D eigenvalue weighted by molar-refractivity contribution is 0.102.